The molecule has 2 heterocycles. The van der Waals surface area contributed by atoms with Gasteiger partial charge in [-0.25, -0.2) is 4.98 Å². The van der Waals surface area contributed by atoms with Crippen molar-refractivity contribution in [2.45, 2.75) is 32.8 Å². The maximum absolute atomic E-state index is 12.2. The summed E-state index contributed by atoms with van der Waals surface area (Å²) < 4.78 is 5.18. The topological polar surface area (TPSA) is 76.6 Å². The third-order valence-electron chi connectivity index (χ3n) is 3.86. The second-order valence-electron chi connectivity index (χ2n) is 5.70. The summed E-state index contributed by atoms with van der Waals surface area (Å²) >= 11 is 1.55. The van der Waals surface area contributed by atoms with Crippen molar-refractivity contribution in [3.8, 4) is 0 Å². The monoisotopic (exact) mass is 358 g/mol. The van der Waals surface area contributed by atoms with E-state index in [1.807, 2.05) is 5.38 Å². The van der Waals surface area contributed by atoms with Crippen molar-refractivity contribution in [2.75, 3.05) is 6.54 Å². The van der Waals surface area contributed by atoms with Crippen LogP contribution in [0.2, 0.25) is 0 Å². The molecule has 130 valence electrons. The zero-order valence-electron chi connectivity index (χ0n) is 13.9. The molecular weight excluding hydrogens is 340 g/mol. The largest absolute Gasteiger partial charge is 0.459 e. The Bertz CT molecular complexity index is 780. The Labute approximate surface area is 149 Å². The summed E-state index contributed by atoms with van der Waals surface area (Å²) in [5.41, 5.74) is 1.49. The van der Waals surface area contributed by atoms with Gasteiger partial charge in [-0.3, -0.25) is 19.3 Å². The smallest absolute Gasteiger partial charge is 0.307 e. The molecule has 0 radical (unpaired) electrons. The lowest BCUT2D eigenvalue weighted by Gasteiger charge is -2.12. The lowest BCUT2D eigenvalue weighted by molar-refractivity contribution is -0.145. The molecule has 1 aliphatic rings. The molecule has 2 amide bonds. The summed E-state index contributed by atoms with van der Waals surface area (Å²) in [6.07, 6.45) is 1.91. The lowest BCUT2D eigenvalue weighted by Crippen LogP contribution is -2.32. The van der Waals surface area contributed by atoms with E-state index in [2.05, 4.69) is 11.9 Å². The van der Waals surface area contributed by atoms with E-state index in [1.165, 1.54) is 0 Å². The second kappa shape index (κ2) is 7.57. The number of nitrogens with zero attached hydrogens (tertiary/aromatic N) is 2. The minimum Gasteiger partial charge on any atom is -0.459 e. The van der Waals surface area contributed by atoms with Gasteiger partial charge in [0.1, 0.15) is 6.61 Å². The van der Waals surface area contributed by atoms with E-state index in [0.717, 1.165) is 28.4 Å². The number of benzene rings is 1. The number of carbonyl (C=O) groups excluding carboxylic acids is 3. The van der Waals surface area contributed by atoms with Crippen molar-refractivity contribution in [1.29, 1.82) is 0 Å². The van der Waals surface area contributed by atoms with Gasteiger partial charge in [-0.2, -0.15) is 0 Å². The van der Waals surface area contributed by atoms with Crippen molar-refractivity contribution in [3.05, 3.63) is 51.5 Å². The first-order valence-corrected chi connectivity index (χ1v) is 9.02. The Hall–Kier alpha value is -2.54. The first-order chi connectivity index (χ1) is 12.1. The fourth-order valence-electron chi connectivity index (χ4n) is 2.62. The molecule has 2 aromatic rings. The highest BCUT2D eigenvalue weighted by molar-refractivity contribution is 7.09. The highest BCUT2D eigenvalue weighted by atomic mass is 32.1. The van der Waals surface area contributed by atoms with Gasteiger partial charge in [0.05, 0.1) is 28.2 Å². The maximum Gasteiger partial charge on any atom is 0.307 e. The van der Waals surface area contributed by atoms with Crippen LogP contribution in [0.25, 0.3) is 0 Å². The van der Waals surface area contributed by atoms with Crippen LogP contribution in [0.15, 0.2) is 29.6 Å². The molecule has 25 heavy (non-hydrogen) atoms. The minimum absolute atomic E-state index is 0.0172. The zero-order valence-corrected chi connectivity index (χ0v) is 14.7. The average Bonchev–Trinajstić information content (AvgIpc) is 3.16. The van der Waals surface area contributed by atoms with Crippen molar-refractivity contribution < 1.29 is 19.1 Å². The quantitative estimate of drug-likeness (QED) is 0.562. The van der Waals surface area contributed by atoms with Gasteiger partial charge in [-0.15, -0.1) is 11.3 Å². The predicted molar refractivity (Wildman–Crippen MR) is 92.3 cm³/mol. The van der Waals surface area contributed by atoms with Gasteiger partial charge in [0.15, 0.2) is 0 Å². The van der Waals surface area contributed by atoms with Crippen molar-refractivity contribution in [2.24, 2.45) is 0 Å². The molecule has 0 aliphatic carbocycles. The molecule has 3 rings (SSSR count). The van der Waals surface area contributed by atoms with Gasteiger partial charge in [0.25, 0.3) is 11.8 Å². The molecule has 0 unspecified atom stereocenters. The van der Waals surface area contributed by atoms with Crippen LogP contribution in [-0.2, 0) is 22.6 Å². The van der Waals surface area contributed by atoms with Crippen LogP contribution in [0.4, 0.5) is 0 Å². The number of rotatable bonds is 7. The average molecular weight is 358 g/mol. The van der Waals surface area contributed by atoms with Crippen LogP contribution in [0.5, 0.6) is 0 Å². The van der Waals surface area contributed by atoms with Crippen LogP contribution in [-0.4, -0.2) is 34.2 Å². The number of esters is 1. The van der Waals surface area contributed by atoms with Gasteiger partial charge < -0.3 is 4.74 Å². The molecule has 6 nitrogen and oxygen atoms in total. The van der Waals surface area contributed by atoms with E-state index in [9.17, 15) is 14.4 Å². The number of hydrogen-bond donors (Lipinski definition) is 0. The second-order valence-corrected chi connectivity index (χ2v) is 6.64. The fourth-order valence-corrected chi connectivity index (χ4v) is 3.50. The van der Waals surface area contributed by atoms with Gasteiger partial charge in [-0.1, -0.05) is 19.1 Å². The Morgan fingerprint density at radius 2 is 1.88 bits per heavy atom. The number of amides is 2. The fraction of sp³-hybridized carbons (Fsp3) is 0.333. The Kier molecular flexibility index (Phi) is 5.23. The molecule has 0 atom stereocenters. The van der Waals surface area contributed by atoms with E-state index in [0.29, 0.717) is 11.1 Å². The molecule has 7 heteroatoms. The van der Waals surface area contributed by atoms with E-state index < -0.39 is 5.97 Å². The molecule has 0 N–H and O–H groups in total. The molecule has 0 saturated carbocycles. The highest BCUT2D eigenvalue weighted by Gasteiger charge is 2.35. The summed E-state index contributed by atoms with van der Waals surface area (Å²) in [6, 6.07) is 6.65. The van der Waals surface area contributed by atoms with Gasteiger partial charge in [0, 0.05) is 11.9 Å². The van der Waals surface area contributed by atoms with Gasteiger partial charge in [0.2, 0.25) is 0 Å². The summed E-state index contributed by atoms with van der Waals surface area (Å²) in [4.78, 5) is 41.8. The molecule has 0 bridgehead atoms. The standard InChI is InChI=1S/C18H18N2O4S/c1-2-5-15-19-12(11-25-15)10-24-16(21)8-9-20-17(22)13-6-3-4-7-14(13)18(20)23/h3-4,6-7,11H,2,5,8-10H2,1H3. The first-order valence-electron chi connectivity index (χ1n) is 8.14. The molecular formula is C18H18N2O4S. The zero-order chi connectivity index (χ0) is 17.8. The predicted octanol–water partition coefficient (Wildman–Crippen LogP) is 2.83. The van der Waals surface area contributed by atoms with E-state index in [1.54, 1.807) is 35.6 Å². The number of thiazole rings is 1. The third kappa shape index (κ3) is 3.76. The summed E-state index contributed by atoms with van der Waals surface area (Å²) in [5.74, 6) is -1.18. The molecule has 1 aliphatic heterocycles. The number of aromatic nitrogens is 1. The normalized spacial score (nSPS) is 13.2. The summed E-state index contributed by atoms with van der Waals surface area (Å²) in [6.45, 7) is 2.21. The summed E-state index contributed by atoms with van der Waals surface area (Å²) in [5, 5.41) is 2.90. The molecule has 1 aromatic heterocycles. The number of imide groups is 1. The molecule has 0 fully saturated rings. The SMILES string of the molecule is CCCc1nc(COC(=O)CCN2C(=O)c3ccccc3C2=O)cs1. The highest BCUT2D eigenvalue weighted by Crippen LogP contribution is 2.22. The Morgan fingerprint density at radius 1 is 1.20 bits per heavy atom. The van der Waals surface area contributed by atoms with Crippen LogP contribution >= 0.6 is 11.3 Å². The van der Waals surface area contributed by atoms with Gasteiger partial charge >= 0.3 is 5.97 Å². The van der Waals surface area contributed by atoms with E-state index >= 15 is 0 Å². The van der Waals surface area contributed by atoms with Crippen molar-refractivity contribution >= 4 is 29.1 Å². The molecule has 0 spiro atoms. The maximum atomic E-state index is 12.2. The first kappa shape index (κ1) is 17.3. The number of carbonyl (C=O) groups is 3. The summed E-state index contributed by atoms with van der Waals surface area (Å²) in [7, 11) is 0. The number of hydrogen-bond acceptors (Lipinski definition) is 6. The van der Waals surface area contributed by atoms with Gasteiger partial charge in [-0.05, 0) is 25.0 Å². The van der Waals surface area contributed by atoms with Crippen LogP contribution in [0, 0.1) is 0 Å². The molecule has 1 aromatic carbocycles. The van der Waals surface area contributed by atoms with E-state index in [-0.39, 0.29) is 31.4 Å². The number of ether oxygens (including phenoxy) is 1. The number of aryl methyl sites for hydroxylation is 1. The van der Waals surface area contributed by atoms with Crippen LogP contribution in [0.3, 0.4) is 0 Å². The van der Waals surface area contributed by atoms with Crippen molar-refractivity contribution in [1.82, 2.24) is 9.88 Å². The van der Waals surface area contributed by atoms with E-state index in [4.69, 9.17) is 4.74 Å². The van der Waals surface area contributed by atoms with Crippen LogP contribution < -0.4 is 0 Å². The minimum atomic E-state index is -0.457. The third-order valence-corrected chi connectivity index (χ3v) is 4.82. The van der Waals surface area contributed by atoms with Crippen molar-refractivity contribution in [3.63, 3.8) is 0 Å². The Morgan fingerprint density at radius 3 is 2.52 bits per heavy atom. The van der Waals surface area contributed by atoms with Crippen LogP contribution in [0.1, 0.15) is 51.2 Å². The molecule has 0 saturated heterocycles. The Balaban J connectivity index is 1.49. The lowest BCUT2D eigenvalue weighted by atomic mass is 10.1. The number of fused-ring (bicyclic) bond motifs is 1.